The van der Waals surface area contributed by atoms with Crippen LogP contribution in [-0.4, -0.2) is 31.4 Å². The molecule has 1 amide bonds. The van der Waals surface area contributed by atoms with Crippen LogP contribution < -0.4 is 10.5 Å². The van der Waals surface area contributed by atoms with Crippen molar-refractivity contribution in [2.24, 2.45) is 5.73 Å². The van der Waals surface area contributed by atoms with Gasteiger partial charge in [-0.15, -0.1) is 0 Å². The van der Waals surface area contributed by atoms with Crippen molar-refractivity contribution in [1.82, 2.24) is 4.72 Å². The lowest BCUT2D eigenvalue weighted by Crippen LogP contribution is -2.43. The molecule has 104 valence electrons. The van der Waals surface area contributed by atoms with Crippen LogP contribution >= 0.6 is 11.6 Å². The van der Waals surface area contributed by atoms with E-state index in [4.69, 9.17) is 22.4 Å². The fourth-order valence-corrected chi connectivity index (χ4v) is 3.00. The van der Waals surface area contributed by atoms with Gasteiger partial charge in [-0.2, -0.15) is 4.72 Å². The van der Waals surface area contributed by atoms with E-state index >= 15 is 0 Å². The molecule has 0 bridgehead atoms. The van der Waals surface area contributed by atoms with Gasteiger partial charge in [-0.3, -0.25) is 9.59 Å². The Hall–Kier alpha value is -1.64. The van der Waals surface area contributed by atoms with E-state index in [1.165, 1.54) is 24.3 Å². The third-order valence-electron chi connectivity index (χ3n) is 2.13. The Morgan fingerprint density at radius 3 is 2.42 bits per heavy atom. The number of nitrogens with one attached hydrogen (secondary N) is 1. The summed E-state index contributed by atoms with van der Waals surface area (Å²) < 4.78 is 25.7. The normalized spacial score (nSPS) is 12.9. The molecule has 0 fully saturated rings. The lowest BCUT2D eigenvalue weighted by Gasteiger charge is -2.13. The van der Waals surface area contributed by atoms with Crippen molar-refractivity contribution in [2.75, 3.05) is 0 Å². The van der Waals surface area contributed by atoms with Crippen molar-refractivity contribution in [2.45, 2.75) is 17.4 Å². The number of carbonyl (C=O) groups is 2. The number of carboxylic acid groups (broad SMARTS) is 1. The van der Waals surface area contributed by atoms with E-state index in [1.54, 1.807) is 0 Å². The number of nitrogens with two attached hydrogens (primary N) is 1. The Bertz CT molecular complexity index is 602. The van der Waals surface area contributed by atoms with E-state index in [0.717, 1.165) is 0 Å². The molecule has 0 aliphatic heterocycles. The lowest BCUT2D eigenvalue weighted by atomic mass is 10.2. The summed E-state index contributed by atoms with van der Waals surface area (Å²) >= 11 is 5.72. The van der Waals surface area contributed by atoms with Gasteiger partial charge in [0.25, 0.3) is 0 Å². The summed E-state index contributed by atoms with van der Waals surface area (Å²) in [5.41, 5.74) is 4.86. The Morgan fingerprint density at radius 1 is 1.37 bits per heavy atom. The first-order valence-corrected chi connectivity index (χ1v) is 6.88. The smallest absolute Gasteiger partial charge is 0.322 e. The quantitative estimate of drug-likeness (QED) is 0.679. The van der Waals surface area contributed by atoms with Gasteiger partial charge >= 0.3 is 5.97 Å². The highest BCUT2D eigenvalue weighted by Gasteiger charge is 2.27. The molecule has 9 heteroatoms. The van der Waals surface area contributed by atoms with Crippen LogP contribution in [0.2, 0.25) is 5.02 Å². The Balaban J connectivity index is 3.04. The van der Waals surface area contributed by atoms with Crippen LogP contribution in [0.3, 0.4) is 0 Å². The summed E-state index contributed by atoms with van der Waals surface area (Å²) in [5.74, 6) is -2.44. The number of amides is 1. The summed E-state index contributed by atoms with van der Waals surface area (Å²) in [6.45, 7) is 0. The Kier molecular flexibility index (Phi) is 4.87. The molecule has 0 aliphatic carbocycles. The van der Waals surface area contributed by atoms with Crippen molar-refractivity contribution in [3.05, 3.63) is 29.3 Å². The molecule has 7 nitrogen and oxygen atoms in total. The number of sulfonamides is 1. The topological polar surface area (TPSA) is 127 Å². The number of rotatable bonds is 6. The third-order valence-corrected chi connectivity index (χ3v) is 4.10. The van der Waals surface area contributed by atoms with Crippen molar-refractivity contribution >= 4 is 33.5 Å². The predicted octanol–water partition coefficient (Wildman–Crippen LogP) is -0.0531. The van der Waals surface area contributed by atoms with E-state index in [0.29, 0.717) is 0 Å². The van der Waals surface area contributed by atoms with Crippen LogP contribution in [0.4, 0.5) is 0 Å². The Labute approximate surface area is 114 Å². The molecule has 1 aromatic carbocycles. The lowest BCUT2D eigenvalue weighted by molar-refractivity contribution is -0.140. The zero-order chi connectivity index (χ0) is 14.6. The summed E-state index contributed by atoms with van der Waals surface area (Å²) in [6, 6.07) is 3.89. The van der Waals surface area contributed by atoms with E-state index in [2.05, 4.69) is 0 Å². The summed E-state index contributed by atoms with van der Waals surface area (Å²) in [6.07, 6.45) is -0.654. The molecule has 0 saturated carbocycles. The van der Waals surface area contributed by atoms with Gasteiger partial charge in [0, 0.05) is 0 Å². The first-order valence-electron chi connectivity index (χ1n) is 5.02. The second-order valence-corrected chi connectivity index (χ2v) is 5.70. The molecular weight excluding hydrogens is 296 g/mol. The number of hydrogen-bond donors (Lipinski definition) is 3. The second-order valence-electron chi connectivity index (χ2n) is 3.61. The molecule has 0 saturated heterocycles. The predicted molar refractivity (Wildman–Crippen MR) is 67.0 cm³/mol. The fraction of sp³-hybridized carbons (Fsp3) is 0.200. The molecule has 0 heterocycles. The summed E-state index contributed by atoms with van der Waals surface area (Å²) in [5, 5.41) is 8.78. The number of halogens is 1. The largest absolute Gasteiger partial charge is 0.480 e. The highest BCUT2D eigenvalue weighted by molar-refractivity contribution is 7.89. The van der Waals surface area contributed by atoms with Crippen molar-refractivity contribution < 1.29 is 23.1 Å². The van der Waals surface area contributed by atoms with Crippen molar-refractivity contribution in [3.63, 3.8) is 0 Å². The standard InChI is InChI=1S/C10H11ClN2O5S/c11-6-3-1-2-4-8(6)19(17,18)13-7(10(15)16)5-9(12)14/h1-4,7,13H,5H2,(H2,12,14)(H,15,16)/t7-/m0/s1. The van der Waals surface area contributed by atoms with Gasteiger partial charge in [0.1, 0.15) is 10.9 Å². The van der Waals surface area contributed by atoms with Gasteiger partial charge in [-0.05, 0) is 12.1 Å². The zero-order valence-electron chi connectivity index (χ0n) is 9.54. The molecule has 4 N–H and O–H groups in total. The molecule has 0 spiro atoms. The highest BCUT2D eigenvalue weighted by Crippen LogP contribution is 2.20. The van der Waals surface area contributed by atoms with Crippen LogP contribution in [0.25, 0.3) is 0 Å². The van der Waals surface area contributed by atoms with E-state index < -0.39 is 34.4 Å². The second kappa shape index (κ2) is 6.00. The maximum atomic E-state index is 11.9. The molecule has 0 unspecified atom stereocenters. The monoisotopic (exact) mass is 306 g/mol. The van der Waals surface area contributed by atoms with Crippen molar-refractivity contribution in [1.29, 1.82) is 0 Å². The average molecular weight is 307 g/mol. The third kappa shape index (κ3) is 4.19. The molecular formula is C10H11ClN2O5S. The number of hydrogen-bond acceptors (Lipinski definition) is 4. The van der Waals surface area contributed by atoms with Crippen LogP contribution in [-0.2, 0) is 19.6 Å². The number of carbonyl (C=O) groups excluding carboxylic acids is 1. The summed E-state index contributed by atoms with van der Waals surface area (Å²) in [4.78, 5) is 21.3. The van der Waals surface area contributed by atoms with Gasteiger partial charge in [-0.1, -0.05) is 23.7 Å². The van der Waals surface area contributed by atoms with Gasteiger partial charge < -0.3 is 10.8 Å². The van der Waals surface area contributed by atoms with Gasteiger partial charge in [0.15, 0.2) is 0 Å². The first kappa shape index (κ1) is 15.4. The molecule has 0 radical (unpaired) electrons. The number of benzene rings is 1. The molecule has 1 aromatic rings. The van der Waals surface area contributed by atoms with Crippen molar-refractivity contribution in [3.8, 4) is 0 Å². The fourth-order valence-electron chi connectivity index (χ4n) is 1.29. The van der Waals surface area contributed by atoms with E-state index in [-0.39, 0.29) is 9.92 Å². The number of aliphatic carboxylic acids is 1. The maximum Gasteiger partial charge on any atom is 0.322 e. The summed E-state index contributed by atoms with van der Waals surface area (Å²) in [7, 11) is -4.15. The minimum absolute atomic E-state index is 0.0572. The van der Waals surface area contributed by atoms with Gasteiger partial charge in [-0.25, -0.2) is 8.42 Å². The first-order chi connectivity index (χ1) is 8.74. The average Bonchev–Trinajstić information content (AvgIpc) is 2.27. The SMILES string of the molecule is NC(=O)C[C@H](NS(=O)(=O)c1ccccc1Cl)C(=O)O. The minimum Gasteiger partial charge on any atom is -0.480 e. The molecule has 0 aromatic heterocycles. The molecule has 1 rings (SSSR count). The van der Waals surface area contributed by atoms with Gasteiger partial charge in [0.05, 0.1) is 11.4 Å². The number of primary amides is 1. The van der Waals surface area contributed by atoms with Crippen LogP contribution in [0, 0.1) is 0 Å². The molecule has 1 atom stereocenters. The number of carboxylic acids is 1. The van der Waals surface area contributed by atoms with Gasteiger partial charge in [0.2, 0.25) is 15.9 Å². The van der Waals surface area contributed by atoms with Crippen LogP contribution in [0.15, 0.2) is 29.2 Å². The minimum atomic E-state index is -4.15. The zero-order valence-corrected chi connectivity index (χ0v) is 11.1. The Morgan fingerprint density at radius 2 is 1.95 bits per heavy atom. The molecule has 19 heavy (non-hydrogen) atoms. The van der Waals surface area contributed by atoms with E-state index in [1.807, 2.05) is 4.72 Å². The van der Waals surface area contributed by atoms with Crippen LogP contribution in [0.1, 0.15) is 6.42 Å². The maximum absolute atomic E-state index is 11.9. The molecule has 0 aliphatic rings. The van der Waals surface area contributed by atoms with E-state index in [9.17, 15) is 18.0 Å². The highest BCUT2D eigenvalue weighted by atomic mass is 35.5. The van der Waals surface area contributed by atoms with Crippen LogP contribution in [0.5, 0.6) is 0 Å².